The van der Waals surface area contributed by atoms with Gasteiger partial charge < -0.3 is 5.32 Å². The molecule has 0 unspecified atom stereocenters. The van der Waals surface area contributed by atoms with Crippen molar-refractivity contribution in [3.8, 4) is 0 Å². The molecule has 1 aromatic heterocycles. The third-order valence-corrected chi connectivity index (χ3v) is 4.41. The number of carbonyl (C=O) groups excluding carboxylic acids is 2. The summed E-state index contributed by atoms with van der Waals surface area (Å²) >= 11 is 0. The fraction of sp³-hybridized carbons (Fsp3) is 0.421. The van der Waals surface area contributed by atoms with Crippen molar-refractivity contribution in [2.75, 3.05) is 5.32 Å². The average molecular weight is 507 g/mol. The third kappa shape index (κ3) is 5.01. The van der Waals surface area contributed by atoms with Crippen molar-refractivity contribution in [3.63, 3.8) is 0 Å². The quantitative estimate of drug-likeness (QED) is 0.394. The third-order valence-electron chi connectivity index (χ3n) is 4.41. The van der Waals surface area contributed by atoms with Crippen LogP contribution in [0.3, 0.4) is 0 Å². The van der Waals surface area contributed by atoms with Crippen molar-refractivity contribution in [1.29, 1.82) is 0 Å². The second kappa shape index (κ2) is 8.91. The molecular weight excluding hydrogens is 492 g/mol. The smallest absolute Gasteiger partial charge is 0.318 e. The fourth-order valence-corrected chi connectivity index (χ4v) is 2.97. The highest BCUT2D eigenvalue weighted by Gasteiger charge is 2.64. The van der Waals surface area contributed by atoms with Crippen LogP contribution < -0.4 is 5.32 Å². The first-order valence-electron chi connectivity index (χ1n) is 9.22. The molecule has 0 bridgehead atoms. The van der Waals surface area contributed by atoms with Gasteiger partial charge in [-0.25, -0.2) is 8.78 Å². The predicted octanol–water partition coefficient (Wildman–Crippen LogP) is 5.85. The normalized spacial score (nSPS) is 12.9. The molecule has 0 saturated heterocycles. The van der Waals surface area contributed by atoms with E-state index in [4.69, 9.17) is 0 Å². The molecule has 0 spiro atoms. The maximum atomic E-state index is 14.7. The van der Waals surface area contributed by atoms with Gasteiger partial charge in [-0.15, -0.1) is 0 Å². The Morgan fingerprint density at radius 3 is 2.06 bits per heavy atom. The lowest BCUT2D eigenvalue weighted by atomic mass is 9.99. The van der Waals surface area contributed by atoms with Crippen LogP contribution in [0.5, 0.6) is 0 Å². The number of benzene rings is 1. The molecule has 1 heterocycles. The first-order valence-corrected chi connectivity index (χ1v) is 9.22. The summed E-state index contributed by atoms with van der Waals surface area (Å²) in [5.41, 5.74) is -9.42. The van der Waals surface area contributed by atoms with Gasteiger partial charge >= 0.3 is 18.3 Å². The molecular formula is C19H15F10N3O2. The SMILES string of the molecule is CC(C)CC(=O)c1c(F)ccc(NC(=O)c2c(C(F)(F)F)c(C(F)(F)C(F)(F)F)nn2C)c1F. The van der Waals surface area contributed by atoms with Crippen LogP contribution in [0, 0.1) is 17.6 Å². The van der Waals surface area contributed by atoms with Crippen LogP contribution in [0.4, 0.5) is 49.6 Å². The summed E-state index contributed by atoms with van der Waals surface area (Å²) < 4.78 is 134. The summed E-state index contributed by atoms with van der Waals surface area (Å²) in [5.74, 6) is -12.5. The Kier molecular flexibility index (Phi) is 7.10. The first-order chi connectivity index (χ1) is 15.3. The second-order valence-corrected chi connectivity index (χ2v) is 7.52. The van der Waals surface area contributed by atoms with Gasteiger partial charge in [0.2, 0.25) is 0 Å². The van der Waals surface area contributed by atoms with E-state index in [1.807, 2.05) is 0 Å². The van der Waals surface area contributed by atoms with Gasteiger partial charge in [0.1, 0.15) is 17.1 Å². The van der Waals surface area contributed by atoms with E-state index in [1.54, 1.807) is 13.8 Å². The summed E-state index contributed by atoms with van der Waals surface area (Å²) in [6.07, 6.45) is -12.7. The van der Waals surface area contributed by atoms with E-state index in [2.05, 4.69) is 5.10 Å². The number of nitrogens with zero attached hydrogens (tertiary/aromatic N) is 2. The zero-order valence-electron chi connectivity index (χ0n) is 17.4. The minimum atomic E-state index is -6.48. The zero-order valence-corrected chi connectivity index (χ0v) is 17.4. The molecule has 34 heavy (non-hydrogen) atoms. The molecule has 0 aliphatic heterocycles. The largest absolute Gasteiger partial charge is 0.459 e. The van der Waals surface area contributed by atoms with Crippen molar-refractivity contribution in [2.45, 2.75) is 38.5 Å². The maximum Gasteiger partial charge on any atom is 0.459 e. The maximum absolute atomic E-state index is 14.7. The van der Waals surface area contributed by atoms with Crippen LogP contribution in [0.2, 0.25) is 0 Å². The highest BCUT2D eigenvalue weighted by atomic mass is 19.4. The predicted molar refractivity (Wildman–Crippen MR) is 96.3 cm³/mol. The van der Waals surface area contributed by atoms with Crippen molar-refractivity contribution in [1.82, 2.24) is 9.78 Å². The number of anilines is 1. The molecule has 2 aromatic rings. The molecule has 1 amide bonds. The van der Waals surface area contributed by atoms with Gasteiger partial charge in [0.05, 0.1) is 11.3 Å². The van der Waals surface area contributed by atoms with Gasteiger partial charge in [0.15, 0.2) is 17.3 Å². The molecule has 188 valence electrons. The van der Waals surface area contributed by atoms with Crippen LogP contribution in [0.1, 0.15) is 52.4 Å². The summed E-state index contributed by atoms with van der Waals surface area (Å²) in [4.78, 5) is 24.6. The Bertz CT molecular complexity index is 1120. The van der Waals surface area contributed by atoms with Crippen LogP contribution >= 0.6 is 0 Å². The van der Waals surface area contributed by atoms with Gasteiger partial charge in [-0.3, -0.25) is 14.3 Å². The van der Waals surface area contributed by atoms with Gasteiger partial charge in [0.25, 0.3) is 5.91 Å². The minimum absolute atomic E-state index is 0.181. The second-order valence-electron chi connectivity index (χ2n) is 7.52. The first kappa shape index (κ1) is 27.1. The molecule has 1 aromatic carbocycles. The highest BCUT2D eigenvalue weighted by molar-refractivity contribution is 6.05. The fourth-order valence-electron chi connectivity index (χ4n) is 2.97. The molecule has 0 saturated carbocycles. The number of aromatic nitrogens is 2. The van der Waals surface area contributed by atoms with Crippen molar-refractivity contribution < 1.29 is 53.5 Å². The lowest BCUT2D eigenvalue weighted by Crippen LogP contribution is -2.36. The van der Waals surface area contributed by atoms with Crippen LogP contribution in [-0.4, -0.2) is 27.6 Å². The number of alkyl halides is 8. The highest BCUT2D eigenvalue weighted by Crippen LogP contribution is 2.48. The summed E-state index contributed by atoms with van der Waals surface area (Å²) in [6, 6.07) is 1.05. The van der Waals surface area contributed by atoms with E-state index in [9.17, 15) is 53.5 Å². The summed E-state index contributed by atoms with van der Waals surface area (Å²) in [7, 11) is 0.485. The Morgan fingerprint density at radius 1 is 1.03 bits per heavy atom. The van der Waals surface area contributed by atoms with E-state index in [0.29, 0.717) is 19.2 Å². The van der Waals surface area contributed by atoms with Gasteiger partial charge in [-0.05, 0) is 18.1 Å². The molecule has 0 atom stereocenters. The summed E-state index contributed by atoms with van der Waals surface area (Å²) in [6.45, 7) is 3.10. The van der Waals surface area contributed by atoms with Gasteiger partial charge in [-0.2, -0.15) is 40.2 Å². The monoisotopic (exact) mass is 507 g/mol. The topological polar surface area (TPSA) is 64.0 Å². The average Bonchev–Trinajstić information content (AvgIpc) is 3.01. The summed E-state index contributed by atoms with van der Waals surface area (Å²) in [5, 5.41) is 4.09. The van der Waals surface area contributed by atoms with E-state index < -0.39 is 69.8 Å². The molecule has 0 aliphatic carbocycles. The van der Waals surface area contributed by atoms with Gasteiger partial charge in [0, 0.05) is 13.5 Å². The lowest BCUT2D eigenvalue weighted by molar-refractivity contribution is -0.292. The zero-order chi connectivity index (χ0) is 26.4. The van der Waals surface area contributed by atoms with E-state index in [-0.39, 0.29) is 17.0 Å². The molecule has 0 fully saturated rings. The number of ketones is 1. The number of halogens is 10. The van der Waals surface area contributed by atoms with Crippen molar-refractivity contribution in [3.05, 3.63) is 46.3 Å². The number of amides is 1. The van der Waals surface area contributed by atoms with Crippen LogP contribution in [0.25, 0.3) is 0 Å². The molecule has 1 N–H and O–H groups in total. The number of rotatable bonds is 6. The molecule has 0 radical (unpaired) electrons. The van der Waals surface area contributed by atoms with Crippen molar-refractivity contribution in [2.24, 2.45) is 13.0 Å². The Morgan fingerprint density at radius 2 is 1.59 bits per heavy atom. The Balaban J connectivity index is 2.62. The number of nitrogens with one attached hydrogen (secondary N) is 1. The lowest BCUT2D eigenvalue weighted by Gasteiger charge is -2.19. The van der Waals surface area contributed by atoms with Crippen LogP contribution in [-0.2, 0) is 19.1 Å². The molecule has 15 heteroatoms. The van der Waals surface area contributed by atoms with E-state index in [1.165, 1.54) is 5.32 Å². The number of hydrogen-bond acceptors (Lipinski definition) is 3. The molecule has 0 aliphatic rings. The standard InChI is InChI=1S/C19H15F10N3O2/c1-7(2)6-10(33)11-8(20)4-5-9(13(11)21)30-16(34)14-12(18(24,25)26)15(31-32(14)3)17(22,23)19(27,28)29/h4-5,7H,6H2,1-3H3,(H,30,34). The molecule has 5 nitrogen and oxygen atoms in total. The number of aryl methyl sites for hydroxylation is 1. The number of Topliss-reactive ketones (excluding diaryl/α,β-unsaturated/α-hetero) is 1. The number of carbonyl (C=O) groups is 2. The van der Waals surface area contributed by atoms with Crippen LogP contribution in [0.15, 0.2) is 12.1 Å². The minimum Gasteiger partial charge on any atom is -0.318 e. The van der Waals surface area contributed by atoms with E-state index in [0.717, 1.165) is 0 Å². The van der Waals surface area contributed by atoms with Crippen molar-refractivity contribution >= 4 is 17.4 Å². The van der Waals surface area contributed by atoms with E-state index >= 15 is 0 Å². The molecule has 2 rings (SSSR count). The Labute approximate surface area is 184 Å². The Hall–Kier alpha value is -3.13. The number of hydrogen-bond donors (Lipinski definition) is 1. The van der Waals surface area contributed by atoms with Gasteiger partial charge in [-0.1, -0.05) is 13.8 Å².